The van der Waals surface area contributed by atoms with Crippen molar-refractivity contribution in [2.45, 2.75) is 26.8 Å². The molecule has 1 aromatic carbocycles. The number of nitrogens with one attached hydrogen (secondary N) is 1. The molecule has 0 spiro atoms. The van der Waals surface area contributed by atoms with Crippen LogP contribution in [0.5, 0.6) is 0 Å². The molecule has 1 aromatic heterocycles. The Kier molecular flexibility index (Phi) is 3.20. The lowest BCUT2D eigenvalue weighted by molar-refractivity contribution is -0.121. The molecule has 1 aliphatic heterocycles. The van der Waals surface area contributed by atoms with Crippen molar-refractivity contribution in [2.75, 3.05) is 17.3 Å². The molecule has 5 heteroatoms. The molecule has 0 bridgehead atoms. The van der Waals surface area contributed by atoms with Crippen molar-refractivity contribution < 1.29 is 4.79 Å². The summed E-state index contributed by atoms with van der Waals surface area (Å²) in [4.78, 5) is 14.3. The highest BCUT2D eigenvalue weighted by Gasteiger charge is 2.33. The summed E-state index contributed by atoms with van der Waals surface area (Å²) in [7, 11) is 1.82. The molecule has 21 heavy (non-hydrogen) atoms. The monoisotopic (exact) mass is 284 g/mol. The van der Waals surface area contributed by atoms with Gasteiger partial charge in [0.2, 0.25) is 5.91 Å². The van der Waals surface area contributed by atoms with Crippen LogP contribution in [0.2, 0.25) is 0 Å². The Labute approximate surface area is 124 Å². The number of carbonyl (C=O) groups is 1. The summed E-state index contributed by atoms with van der Waals surface area (Å²) < 4.78 is 1.83. The van der Waals surface area contributed by atoms with Crippen LogP contribution in [0.25, 0.3) is 5.69 Å². The van der Waals surface area contributed by atoms with Gasteiger partial charge in [-0.2, -0.15) is 5.10 Å². The molecule has 2 atom stereocenters. The molecule has 0 radical (unpaired) electrons. The SMILES string of the molecule is Cc1nn(-c2ccccc2)c2c1NC(C)C(C)C(=O)N2C. The number of nitrogens with zero attached hydrogens (tertiary/aromatic N) is 3. The van der Waals surface area contributed by atoms with E-state index in [9.17, 15) is 4.79 Å². The average Bonchev–Trinajstić information content (AvgIpc) is 2.78. The Morgan fingerprint density at radius 2 is 1.86 bits per heavy atom. The van der Waals surface area contributed by atoms with Gasteiger partial charge in [0.1, 0.15) is 5.69 Å². The molecule has 3 rings (SSSR count). The van der Waals surface area contributed by atoms with E-state index in [1.54, 1.807) is 4.90 Å². The number of fused-ring (bicyclic) bond motifs is 1. The van der Waals surface area contributed by atoms with Gasteiger partial charge < -0.3 is 5.32 Å². The highest BCUT2D eigenvalue weighted by molar-refractivity contribution is 5.99. The van der Waals surface area contributed by atoms with Crippen molar-refractivity contribution >= 4 is 17.4 Å². The van der Waals surface area contributed by atoms with E-state index in [4.69, 9.17) is 0 Å². The maximum absolute atomic E-state index is 12.6. The van der Waals surface area contributed by atoms with Gasteiger partial charge >= 0.3 is 0 Å². The third-order valence-corrected chi connectivity index (χ3v) is 4.20. The summed E-state index contributed by atoms with van der Waals surface area (Å²) in [6, 6.07) is 9.96. The molecular formula is C16H20N4O. The molecule has 2 heterocycles. The molecule has 0 saturated heterocycles. The van der Waals surface area contributed by atoms with Crippen molar-refractivity contribution in [2.24, 2.45) is 5.92 Å². The number of carbonyl (C=O) groups excluding carboxylic acids is 1. The van der Waals surface area contributed by atoms with Gasteiger partial charge in [-0.15, -0.1) is 0 Å². The summed E-state index contributed by atoms with van der Waals surface area (Å²) in [5.74, 6) is 0.830. The Bertz CT molecular complexity index is 677. The van der Waals surface area contributed by atoms with Gasteiger partial charge in [0.05, 0.1) is 17.3 Å². The highest BCUT2D eigenvalue weighted by Crippen LogP contribution is 2.35. The first-order chi connectivity index (χ1) is 10.0. The molecule has 0 saturated carbocycles. The van der Waals surface area contributed by atoms with Gasteiger partial charge in [-0.3, -0.25) is 9.69 Å². The van der Waals surface area contributed by atoms with Gasteiger partial charge in [0, 0.05) is 13.1 Å². The Morgan fingerprint density at radius 3 is 2.52 bits per heavy atom. The number of para-hydroxylation sites is 1. The zero-order valence-electron chi connectivity index (χ0n) is 12.8. The molecule has 2 aromatic rings. The summed E-state index contributed by atoms with van der Waals surface area (Å²) >= 11 is 0. The summed E-state index contributed by atoms with van der Waals surface area (Å²) in [6.45, 7) is 5.95. The largest absolute Gasteiger partial charge is 0.377 e. The predicted octanol–water partition coefficient (Wildman–Crippen LogP) is 2.59. The van der Waals surface area contributed by atoms with Crippen LogP contribution < -0.4 is 10.2 Å². The maximum Gasteiger partial charge on any atom is 0.232 e. The number of anilines is 2. The van der Waals surface area contributed by atoms with Crippen molar-refractivity contribution in [3.63, 3.8) is 0 Å². The second kappa shape index (κ2) is 4.91. The third kappa shape index (κ3) is 2.09. The minimum Gasteiger partial charge on any atom is -0.377 e. The van der Waals surface area contributed by atoms with Crippen molar-refractivity contribution in [3.8, 4) is 5.69 Å². The van der Waals surface area contributed by atoms with Gasteiger partial charge in [-0.1, -0.05) is 25.1 Å². The fourth-order valence-electron chi connectivity index (χ4n) is 2.72. The maximum atomic E-state index is 12.6. The van der Waals surface area contributed by atoms with E-state index in [0.717, 1.165) is 22.9 Å². The van der Waals surface area contributed by atoms with E-state index >= 15 is 0 Å². The number of hydrogen-bond acceptors (Lipinski definition) is 3. The molecule has 1 N–H and O–H groups in total. The number of aryl methyl sites for hydroxylation is 1. The molecule has 0 fully saturated rings. The van der Waals surface area contributed by atoms with Crippen LogP contribution >= 0.6 is 0 Å². The van der Waals surface area contributed by atoms with E-state index in [1.807, 2.05) is 62.8 Å². The lowest BCUT2D eigenvalue weighted by Gasteiger charge is -2.21. The van der Waals surface area contributed by atoms with Gasteiger partial charge in [-0.25, -0.2) is 4.68 Å². The summed E-state index contributed by atoms with van der Waals surface area (Å²) in [5, 5.41) is 8.05. The van der Waals surface area contributed by atoms with E-state index < -0.39 is 0 Å². The van der Waals surface area contributed by atoms with Crippen LogP contribution in [0, 0.1) is 12.8 Å². The van der Waals surface area contributed by atoms with Crippen LogP contribution in [0.1, 0.15) is 19.5 Å². The van der Waals surface area contributed by atoms with E-state index in [2.05, 4.69) is 10.4 Å². The summed E-state index contributed by atoms with van der Waals surface area (Å²) in [6.07, 6.45) is 0. The Hall–Kier alpha value is -2.30. The summed E-state index contributed by atoms with van der Waals surface area (Å²) in [5.41, 5.74) is 2.78. The fourth-order valence-corrected chi connectivity index (χ4v) is 2.72. The second-order valence-electron chi connectivity index (χ2n) is 5.65. The van der Waals surface area contributed by atoms with Crippen LogP contribution in [0.3, 0.4) is 0 Å². The van der Waals surface area contributed by atoms with Crippen LogP contribution in [0.4, 0.5) is 11.5 Å². The normalized spacial score (nSPS) is 21.7. The molecule has 5 nitrogen and oxygen atoms in total. The lowest BCUT2D eigenvalue weighted by atomic mass is 10.0. The Morgan fingerprint density at radius 1 is 1.19 bits per heavy atom. The molecule has 1 aliphatic rings. The molecule has 0 aliphatic carbocycles. The standard InChI is InChI=1S/C16H20N4O/c1-10-11(2)17-14-12(3)18-20(13-8-6-5-7-9-13)15(14)19(4)16(10)21/h5-11,17H,1-4H3. The van der Waals surface area contributed by atoms with Crippen molar-refractivity contribution in [1.29, 1.82) is 0 Å². The van der Waals surface area contributed by atoms with Crippen LogP contribution in [0.15, 0.2) is 30.3 Å². The first kappa shape index (κ1) is 13.7. The fraction of sp³-hybridized carbons (Fsp3) is 0.375. The quantitative estimate of drug-likeness (QED) is 0.875. The second-order valence-corrected chi connectivity index (χ2v) is 5.65. The molecule has 2 unspecified atom stereocenters. The average molecular weight is 284 g/mol. The topological polar surface area (TPSA) is 50.2 Å². The first-order valence-electron chi connectivity index (χ1n) is 7.20. The van der Waals surface area contributed by atoms with Gasteiger partial charge in [-0.05, 0) is 26.0 Å². The van der Waals surface area contributed by atoms with Gasteiger partial charge in [0.15, 0.2) is 5.82 Å². The minimum absolute atomic E-state index is 0.0772. The lowest BCUT2D eigenvalue weighted by Crippen LogP contribution is -2.36. The number of hydrogen-bond donors (Lipinski definition) is 1. The number of amides is 1. The molecule has 1 amide bonds. The zero-order chi connectivity index (χ0) is 15.1. The predicted molar refractivity (Wildman–Crippen MR) is 84.0 cm³/mol. The molecule has 110 valence electrons. The zero-order valence-corrected chi connectivity index (χ0v) is 12.8. The number of rotatable bonds is 1. The highest BCUT2D eigenvalue weighted by atomic mass is 16.2. The Balaban J connectivity index is 2.20. The van der Waals surface area contributed by atoms with Crippen molar-refractivity contribution in [3.05, 3.63) is 36.0 Å². The van der Waals surface area contributed by atoms with E-state index in [1.165, 1.54) is 0 Å². The first-order valence-corrected chi connectivity index (χ1v) is 7.20. The van der Waals surface area contributed by atoms with Crippen molar-refractivity contribution in [1.82, 2.24) is 9.78 Å². The van der Waals surface area contributed by atoms with E-state index in [-0.39, 0.29) is 17.9 Å². The van der Waals surface area contributed by atoms with Crippen LogP contribution in [-0.4, -0.2) is 28.8 Å². The smallest absolute Gasteiger partial charge is 0.232 e. The van der Waals surface area contributed by atoms with E-state index in [0.29, 0.717) is 0 Å². The van der Waals surface area contributed by atoms with Gasteiger partial charge in [0.25, 0.3) is 0 Å². The minimum atomic E-state index is -0.0778. The number of aromatic nitrogens is 2. The number of benzene rings is 1. The van der Waals surface area contributed by atoms with Crippen LogP contribution in [-0.2, 0) is 4.79 Å². The molecular weight excluding hydrogens is 264 g/mol. The third-order valence-electron chi connectivity index (χ3n) is 4.20.